The van der Waals surface area contributed by atoms with Crippen molar-refractivity contribution in [3.8, 4) is 6.07 Å². The Morgan fingerprint density at radius 1 is 1.38 bits per heavy atom. The Hall–Kier alpha value is -2.43. The maximum atomic E-state index is 12.5. The Morgan fingerprint density at radius 2 is 2.23 bits per heavy atom. The number of ketones is 1. The summed E-state index contributed by atoms with van der Waals surface area (Å²) in [5.41, 5.74) is 6.20. The van der Waals surface area contributed by atoms with Crippen molar-refractivity contribution >= 4 is 17.4 Å². The minimum absolute atomic E-state index is 0.0304. The Kier molecular flexibility index (Phi) is 4.39. The van der Waals surface area contributed by atoms with Crippen LogP contribution in [-0.4, -0.2) is 41.5 Å². The molecule has 1 aromatic carbocycles. The van der Waals surface area contributed by atoms with Gasteiger partial charge in [0.25, 0.3) is 0 Å². The molecule has 3 N–H and O–H groups in total. The van der Waals surface area contributed by atoms with Crippen LogP contribution in [0.1, 0.15) is 42.1 Å². The highest BCUT2D eigenvalue weighted by Crippen LogP contribution is 2.32. The lowest BCUT2D eigenvalue weighted by atomic mass is 9.90. The van der Waals surface area contributed by atoms with E-state index in [1.165, 1.54) is 0 Å². The number of amides is 1. The molecule has 0 radical (unpaired) electrons. The highest BCUT2D eigenvalue weighted by molar-refractivity contribution is 6.00. The molecule has 2 saturated heterocycles. The fourth-order valence-corrected chi connectivity index (χ4v) is 4.37. The van der Waals surface area contributed by atoms with Crippen LogP contribution in [0.2, 0.25) is 0 Å². The molecular weight excluding hydrogens is 330 g/mol. The van der Waals surface area contributed by atoms with Crippen LogP contribution in [0.5, 0.6) is 0 Å². The minimum atomic E-state index is -0.239. The molecule has 26 heavy (non-hydrogen) atoms. The van der Waals surface area contributed by atoms with Crippen LogP contribution < -0.4 is 16.1 Å². The van der Waals surface area contributed by atoms with Crippen molar-refractivity contribution in [3.63, 3.8) is 0 Å². The van der Waals surface area contributed by atoms with Crippen LogP contribution in [-0.2, 0) is 11.2 Å². The minimum Gasteiger partial charge on any atom is -0.368 e. The van der Waals surface area contributed by atoms with E-state index in [0.717, 1.165) is 29.7 Å². The summed E-state index contributed by atoms with van der Waals surface area (Å²) in [5, 5.41) is 17.5. The van der Waals surface area contributed by atoms with Gasteiger partial charge in [-0.05, 0) is 43.5 Å². The van der Waals surface area contributed by atoms with Gasteiger partial charge in [-0.1, -0.05) is 0 Å². The normalized spacial score (nSPS) is 28.8. The van der Waals surface area contributed by atoms with E-state index in [2.05, 4.69) is 27.1 Å². The number of hydrazine groups is 1. The Balaban J connectivity index is 1.56. The molecule has 1 aliphatic carbocycles. The van der Waals surface area contributed by atoms with Crippen LogP contribution in [0, 0.1) is 17.2 Å². The molecular formula is C19H23N5O2. The van der Waals surface area contributed by atoms with E-state index in [9.17, 15) is 9.59 Å². The number of piperidine rings is 1. The largest absolute Gasteiger partial charge is 0.368 e. The summed E-state index contributed by atoms with van der Waals surface area (Å²) >= 11 is 0. The summed E-state index contributed by atoms with van der Waals surface area (Å²) in [6, 6.07) is 8.10. The highest BCUT2D eigenvalue weighted by atomic mass is 16.2. The van der Waals surface area contributed by atoms with Crippen molar-refractivity contribution in [2.24, 2.45) is 5.92 Å². The van der Waals surface area contributed by atoms with Gasteiger partial charge in [-0.15, -0.1) is 0 Å². The van der Waals surface area contributed by atoms with E-state index in [1.807, 2.05) is 25.1 Å². The van der Waals surface area contributed by atoms with Crippen LogP contribution in [0.15, 0.2) is 18.2 Å². The fraction of sp³-hybridized carbons (Fsp3) is 0.526. The Labute approximate surface area is 152 Å². The summed E-state index contributed by atoms with van der Waals surface area (Å²) in [7, 11) is 0. The number of nitrogens with zero attached hydrogens (tertiary/aromatic N) is 2. The van der Waals surface area contributed by atoms with E-state index < -0.39 is 0 Å². The van der Waals surface area contributed by atoms with Gasteiger partial charge in [-0.3, -0.25) is 9.59 Å². The number of rotatable bonds is 4. The van der Waals surface area contributed by atoms with Gasteiger partial charge in [0.05, 0.1) is 18.4 Å². The molecule has 2 heterocycles. The van der Waals surface area contributed by atoms with Gasteiger partial charge < -0.3 is 10.6 Å². The molecule has 4 unspecified atom stereocenters. The molecule has 1 amide bonds. The number of hydrogen-bond donors (Lipinski definition) is 3. The number of nitriles is 1. The maximum absolute atomic E-state index is 12.5. The molecule has 4 atom stereocenters. The maximum Gasteiger partial charge on any atom is 0.228 e. The molecule has 136 valence electrons. The third kappa shape index (κ3) is 2.85. The van der Waals surface area contributed by atoms with E-state index in [0.29, 0.717) is 19.4 Å². The number of nitrogens with one attached hydrogen (secondary N) is 3. The number of aryl methyl sites for hydroxylation is 1. The van der Waals surface area contributed by atoms with Gasteiger partial charge in [-0.25, -0.2) is 10.4 Å². The third-order valence-electron chi connectivity index (χ3n) is 5.67. The average molecular weight is 353 g/mol. The van der Waals surface area contributed by atoms with Crippen LogP contribution >= 0.6 is 0 Å². The zero-order valence-electron chi connectivity index (χ0n) is 14.8. The first kappa shape index (κ1) is 17.0. The lowest BCUT2D eigenvalue weighted by molar-refractivity contribution is -0.127. The first-order valence-electron chi connectivity index (χ1n) is 9.20. The van der Waals surface area contributed by atoms with E-state index in [-0.39, 0.29) is 35.9 Å². The van der Waals surface area contributed by atoms with Gasteiger partial charge in [0, 0.05) is 36.3 Å². The second-order valence-corrected chi connectivity index (χ2v) is 7.34. The average Bonchev–Trinajstić information content (AvgIpc) is 3.17. The quantitative estimate of drug-likeness (QED) is 0.752. The second kappa shape index (κ2) is 6.71. The van der Waals surface area contributed by atoms with E-state index >= 15 is 0 Å². The standard InChI is InChI=1S/C19H23N5O2/c1-11(6-8-20)24-15-7-9-21-19(26)17(15)18(23-24)22-13-3-4-14-12(10-13)2-5-16(14)25/h3-4,10-11,15,17-18,22-23H,2,5-7,9H2,1H3,(H,21,26). The first-order valence-corrected chi connectivity index (χ1v) is 9.20. The van der Waals surface area contributed by atoms with Gasteiger partial charge in [0.1, 0.15) is 6.17 Å². The fourth-order valence-electron chi connectivity index (χ4n) is 4.37. The lowest BCUT2D eigenvalue weighted by Crippen LogP contribution is -2.51. The van der Waals surface area contributed by atoms with Crippen molar-refractivity contribution in [3.05, 3.63) is 29.3 Å². The zero-order chi connectivity index (χ0) is 18.3. The predicted molar refractivity (Wildman–Crippen MR) is 96.1 cm³/mol. The van der Waals surface area contributed by atoms with Gasteiger partial charge in [0.2, 0.25) is 5.91 Å². The van der Waals surface area contributed by atoms with E-state index in [4.69, 9.17) is 5.26 Å². The molecule has 0 bridgehead atoms. The molecule has 0 saturated carbocycles. The van der Waals surface area contributed by atoms with Gasteiger partial charge in [-0.2, -0.15) is 5.26 Å². The number of carbonyl (C=O) groups is 2. The van der Waals surface area contributed by atoms with Crippen molar-refractivity contribution in [2.45, 2.75) is 50.9 Å². The molecule has 0 spiro atoms. The Bertz CT molecular complexity index is 787. The summed E-state index contributed by atoms with van der Waals surface area (Å²) in [4.78, 5) is 24.3. The number of carbonyl (C=O) groups excluding carboxylic acids is 2. The number of anilines is 1. The van der Waals surface area contributed by atoms with Crippen LogP contribution in [0.4, 0.5) is 5.69 Å². The predicted octanol–water partition coefficient (Wildman–Crippen LogP) is 1.18. The molecule has 7 heteroatoms. The third-order valence-corrected chi connectivity index (χ3v) is 5.67. The number of hydrogen-bond acceptors (Lipinski definition) is 6. The molecule has 7 nitrogen and oxygen atoms in total. The lowest BCUT2D eigenvalue weighted by Gasteiger charge is -2.33. The summed E-state index contributed by atoms with van der Waals surface area (Å²) in [6.07, 6.45) is 2.38. The number of fused-ring (bicyclic) bond motifs is 2. The van der Waals surface area contributed by atoms with Crippen LogP contribution in [0.3, 0.4) is 0 Å². The second-order valence-electron chi connectivity index (χ2n) is 7.34. The number of Topliss-reactive ketones (excluding diaryl/α,β-unsaturated/α-hetero) is 1. The summed E-state index contributed by atoms with van der Waals surface area (Å²) < 4.78 is 0. The van der Waals surface area contributed by atoms with Crippen molar-refractivity contribution in [1.29, 1.82) is 5.26 Å². The topological polar surface area (TPSA) is 97.3 Å². The number of benzene rings is 1. The SMILES string of the molecule is CC(CC#N)N1NC(Nc2ccc3c(c2)CCC3=O)C2C(=O)NCCC21. The Morgan fingerprint density at radius 3 is 3.04 bits per heavy atom. The first-order chi connectivity index (χ1) is 12.6. The highest BCUT2D eigenvalue weighted by Gasteiger charge is 2.48. The van der Waals surface area contributed by atoms with Crippen LogP contribution in [0.25, 0.3) is 0 Å². The molecule has 2 aliphatic heterocycles. The monoisotopic (exact) mass is 353 g/mol. The molecule has 1 aromatic rings. The van der Waals surface area contributed by atoms with Crippen molar-refractivity contribution < 1.29 is 9.59 Å². The van der Waals surface area contributed by atoms with Crippen molar-refractivity contribution in [2.75, 3.05) is 11.9 Å². The van der Waals surface area contributed by atoms with Gasteiger partial charge in [0.15, 0.2) is 5.78 Å². The zero-order valence-corrected chi connectivity index (χ0v) is 14.8. The summed E-state index contributed by atoms with van der Waals surface area (Å²) in [5.74, 6) is 0.0165. The smallest absolute Gasteiger partial charge is 0.228 e. The van der Waals surface area contributed by atoms with Gasteiger partial charge >= 0.3 is 0 Å². The molecule has 3 aliphatic rings. The summed E-state index contributed by atoms with van der Waals surface area (Å²) in [6.45, 7) is 2.66. The molecule has 4 rings (SSSR count). The molecule has 0 aromatic heterocycles. The van der Waals surface area contributed by atoms with Crippen molar-refractivity contribution in [1.82, 2.24) is 15.8 Å². The molecule has 2 fully saturated rings. The van der Waals surface area contributed by atoms with E-state index in [1.54, 1.807) is 0 Å².